The molecule has 1 aromatic heterocycles. The number of rotatable bonds is 11. The molecule has 4 aromatic rings. The second-order valence-electron chi connectivity index (χ2n) is 9.75. The largest absolute Gasteiger partial charge is 0.439 e. The van der Waals surface area contributed by atoms with Crippen LogP contribution in [-0.4, -0.2) is 70.2 Å². The van der Waals surface area contributed by atoms with Crippen LogP contribution in [0.15, 0.2) is 91.0 Å². The molecule has 7 nitrogen and oxygen atoms in total. The highest BCUT2D eigenvalue weighted by Crippen LogP contribution is 2.32. The fourth-order valence-corrected chi connectivity index (χ4v) is 4.86. The highest BCUT2D eigenvalue weighted by atomic mass is 16.5. The van der Waals surface area contributed by atoms with Gasteiger partial charge in [-0.05, 0) is 36.8 Å². The third-order valence-corrected chi connectivity index (χ3v) is 6.77. The van der Waals surface area contributed by atoms with Gasteiger partial charge in [0.05, 0.1) is 36.3 Å². The molecule has 0 aliphatic carbocycles. The molecule has 0 amide bonds. The lowest BCUT2D eigenvalue weighted by Crippen LogP contribution is -2.44. The van der Waals surface area contributed by atoms with Crippen LogP contribution in [0, 0.1) is 6.92 Å². The first-order valence-electron chi connectivity index (χ1n) is 13.3. The molecule has 1 atom stereocenters. The smallest absolute Gasteiger partial charge is 0.227 e. The summed E-state index contributed by atoms with van der Waals surface area (Å²) in [6.45, 7) is 7.64. The Hall–Kier alpha value is -3.49. The third-order valence-electron chi connectivity index (χ3n) is 6.77. The lowest BCUT2D eigenvalue weighted by Gasteiger charge is -2.31. The monoisotopic (exact) mass is 512 g/mol. The van der Waals surface area contributed by atoms with Gasteiger partial charge in [0.2, 0.25) is 5.88 Å². The fourth-order valence-electron chi connectivity index (χ4n) is 4.86. The number of morpholine rings is 1. The number of benzene rings is 3. The molecule has 2 heterocycles. The molecule has 38 heavy (non-hydrogen) atoms. The van der Waals surface area contributed by atoms with Crippen LogP contribution >= 0.6 is 0 Å². The van der Waals surface area contributed by atoms with E-state index in [-0.39, 0.29) is 0 Å². The van der Waals surface area contributed by atoms with Crippen molar-refractivity contribution in [3.05, 3.63) is 108 Å². The minimum absolute atomic E-state index is 0.486. The molecule has 1 N–H and O–H groups in total. The van der Waals surface area contributed by atoms with Crippen molar-refractivity contribution < 1.29 is 14.6 Å². The van der Waals surface area contributed by atoms with Crippen LogP contribution in [0.5, 0.6) is 11.6 Å². The van der Waals surface area contributed by atoms with Crippen molar-refractivity contribution in [2.24, 2.45) is 0 Å². The van der Waals surface area contributed by atoms with Crippen molar-refractivity contribution >= 4 is 0 Å². The van der Waals surface area contributed by atoms with Gasteiger partial charge in [-0.2, -0.15) is 5.10 Å². The van der Waals surface area contributed by atoms with E-state index in [9.17, 15) is 5.11 Å². The van der Waals surface area contributed by atoms with E-state index in [4.69, 9.17) is 14.6 Å². The summed E-state index contributed by atoms with van der Waals surface area (Å²) in [6, 6.07) is 30.3. The van der Waals surface area contributed by atoms with E-state index in [1.54, 1.807) is 0 Å². The van der Waals surface area contributed by atoms with Crippen LogP contribution in [0.25, 0.3) is 5.69 Å². The first-order valence-corrected chi connectivity index (χ1v) is 13.3. The summed E-state index contributed by atoms with van der Waals surface area (Å²) in [5.74, 6) is 1.45. The van der Waals surface area contributed by atoms with Gasteiger partial charge in [-0.25, -0.2) is 4.68 Å². The van der Waals surface area contributed by atoms with E-state index in [0.29, 0.717) is 32.1 Å². The molecule has 0 unspecified atom stereocenters. The minimum Gasteiger partial charge on any atom is -0.439 e. The van der Waals surface area contributed by atoms with Gasteiger partial charge in [-0.3, -0.25) is 9.80 Å². The quantitative estimate of drug-likeness (QED) is 0.315. The van der Waals surface area contributed by atoms with Crippen molar-refractivity contribution in [2.45, 2.75) is 26.1 Å². The normalized spacial score (nSPS) is 15.0. The van der Waals surface area contributed by atoms with Crippen molar-refractivity contribution in [3.8, 4) is 17.3 Å². The zero-order valence-corrected chi connectivity index (χ0v) is 21.9. The summed E-state index contributed by atoms with van der Waals surface area (Å²) < 4.78 is 13.8. The first kappa shape index (κ1) is 26.1. The first-order chi connectivity index (χ1) is 18.7. The number of ether oxygens (including phenoxy) is 2. The Morgan fingerprint density at radius 1 is 0.895 bits per heavy atom. The van der Waals surface area contributed by atoms with Crippen molar-refractivity contribution in [2.75, 3.05) is 39.4 Å². The Morgan fingerprint density at radius 2 is 1.53 bits per heavy atom. The number of hydrogen-bond acceptors (Lipinski definition) is 6. The number of aliphatic hydroxyl groups excluding tert-OH is 1. The van der Waals surface area contributed by atoms with E-state index >= 15 is 0 Å². The van der Waals surface area contributed by atoms with Gasteiger partial charge in [0, 0.05) is 39.3 Å². The van der Waals surface area contributed by atoms with Crippen LogP contribution in [-0.2, 0) is 17.8 Å². The number of β-amino-alcohol motifs (C(OH)–C–C–N with tert-alkyl or cyclic N) is 1. The Balaban J connectivity index is 1.44. The maximum Gasteiger partial charge on any atom is 0.227 e. The van der Waals surface area contributed by atoms with Crippen LogP contribution in [0.2, 0.25) is 0 Å². The van der Waals surface area contributed by atoms with E-state index in [2.05, 4.69) is 34.1 Å². The lowest BCUT2D eigenvalue weighted by atomic mass is 10.1. The average Bonchev–Trinajstić information content (AvgIpc) is 3.25. The molecule has 1 aliphatic heterocycles. The number of hydrogen-bond donors (Lipinski definition) is 1. The van der Waals surface area contributed by atoms with Crippen molar-refractivity contribution in [1.29, 1.82) is 0 Å². The summed E-state index contributed by atoms with van der Waals surface area (Å²) in [5, 5.41) is 16.0. The van der Waals surface area contributed by atoms with E-state index in [0.717, 1.165) is 49.0 Å². The Labute approximate surface area is 224 Å². The molecule has 7 heteroatoms. The van der Waals surface area contributed by atoms with E-state index in [1.807, 2.05) is 78.3 Å². The Bertz CT molecular complexity index is 1260. The summed E-state index contributed by atoms with van der Waals surface area (Å²) in [4.78, 5) is 4.56. The van der Waals surface area contributed by atoms with Crippen LogP contribution < -0.4 is 4.74 Å². The van der Waals surface area contributed by atoms with Crippen LogP contribution in [0.3, 0.4) is 0 Å². The second-order valence-corrected chi connectivity index (χ2v) is 9.75. The summed E-state index contributed by atoms with van der Waals surface area (Å²) in [6.07, 6.45) is -0.486. The summed E-state index contributed by atoms with van der Waals surface area (Å²) in [7, 11) is 0. The predicted octanol–water partition coefficient (Wildman–Crippen LogP) is 4.67. The van der Waals surface area contributed by atoms with E-state index < -0.39 is 6.10 Å². The lowest BCUT2D eigenvalue weighted by molar-refractivity contribution is 0.00550. The summed E-state index contributed by atoms with van der Waals surface area (Å²) >= 11 is 0. The highest BCUT2D eigenvalue weighted by molar-refractivity contribution is 5.43. The van der Waals surface area contributed by atoms with Crippen molar-refractivity contribution in [1.82, 2.24) is 19.6 Å². The maximum absolute atomic E-state index is 11.1. The molecule has 1 fully saturated rings. The van der Waals surface area contributed by atoms with Gasteiger partial charge in [0.25, 0.3) is 0 Å². The van der Waals surface area contributed by atoms with Gasteiger partial charge in [0.1, 0.15) is 5.75 Å². The zero-order valence-electron chi connectivity index (χ0n) is 21.9. The van der Waals surface area contributed by atoms with Gasteiger partial charge in [-0.1, -0.05) is 66.7 Å². The Morgan fingerprint density at radius 3 is 2.21 bits per heavy atom. The highest BCUT2D eigenvalue weighted by Gasteiger charge is 2.24. The van der Waals surface area contributed by atoms with Gasteiger partial charge in [-0.15, -0.1) is 0 Å². The SMILES string of the molecule is Cc1nn(-c2ccccc2)c(Oc2ccccc2)c1CN(Cc1ccccc1)C[C@@H](O)CN1CCOCC1. The standard InChI is InChI=1S/C31H36N4O3/c1-25-30(31(38-29-15-9-4-10-16-29)35(32-25)27-13-7-3-8-14-27)24-34(21-26-11-5-2-6-12-26)23-28(36)22-33-17-19-37-20-18-33/h2-16,28,36H,17-24H2,1H3/t28-/m0/s1. The number of aromatic nitrogens is 2. The number of nitrogens with zero attached hydrogens (tertiary/aromatic N) is 4. The van der Waals surface area contributed by atoms with Gasteiger partial charge >= 0.3 is 0 Å². The van der Waals surface area contributed by atoms with Crippen LogP contribution in [0.4, 0.5) is 0 Å². The number of aliphatic hydroxyl groups is 1. The molecule has 0 saturated carbocycles. The van der Waals surface area contributed by atoms with Gasteiger partial charge in [0.15, 0.2) is 0 Å². The van der Waals surface area contributed by atoms with Gasteiger partial charge < -0.3 is 14.6 Å². The molecule has 1 aliphatic rings. The van der Waals surface area contributed by atoms with Crippen LogP contribution in [0.1, 0.15) is 16.8 Å². The zero-order chi connectivity index (χ0) is 26.2. The number of aryl methyl sites for hydroxylation is 1. The molecule has 0 spiro atoms. The average molecular weight is 513 g/mol. The fraction of sp³-hybridized carbons (Fsp3) is 0.323. The molecule has 5 rings (SSSR count). The third kappa shape index (κ3) is 6.88. The molecule has 0 bridgehead atoms. The topological polar surface area (TPSA) is 63.0 Å². The minimum atomic E-state index is -0.486. The van der Waals surface area contributed by atoms with Crippen molar-refractivity contribution in [3.63, 3.8) is 0 Å². The molecule has 1 saturated heterocycles. The summed E-state index contributed by atoms with van der Waals surface area (Å²) in [5.41, 5.74) is 4.05. The molecular formula is C31H36N4O3. The second kappa shape index (κ2) is 12.8. The van der Waals surface area contributed by atoms with E-state index in [1.165, 1.54) is 5.56 Å². The number of para-hydroxylation sites is 2. The predicted molar refractivity (Wildman–Crippen MR) is 149 cm³/mol. The molecule has 3 aromatic carbocycles. The molecule has 0 radical (unpaired) electrons. The molecular weight excluding hydrogens is 476 g/mol. The Kier molecular flexibility index (Phi) is 8.83. The molecule has 198 valence electrons. The maximum atomic E-state index is 11.1.